The molecule has 1 aromatic heterocycles. The second-order valence-corrected chi connectivity index (χ2v) is 7.16. The van der Waals surface area contributed by atoms with Gasteiger partial charge in [0.25, 0.3) is 0 Å². The molecule has 5 nitrogen and oxygen atoms in total. The molecule has 1 saturated heterocycles. The lowest BCUT2D eigenvalue weighted by atomic mass is 9.71. The number of hydrogen-bond acceptors (Lipinski definition) is 2. The van der Waals surface area contributed by atoms with E-state index in [2.05, 4.69) is 30.7 Å². The number of H-pyrrole nitrogens is 1. The first-order chi connectivity index (χ1) is 10.9. The lowest BCUT2D eigenvalue weighted by molar-refractivity contribution is 0.0217. The van der Waals surface area contributed by atoms with Crippen molar-refractivity contribution in [3.63, 3.8) is 0 Å². The fourth-order valence-corrected chi connectivity index (χ4v) is 3.75. The van der Waals surface area contributed by atoms with Crippen LogP contribution in [0, 0.1) is 5.41 Å². The number of aromatic amines is 1. The molecule has 0 unspecified atom stereocenters. The Hall–Kier alpha value is -2.30. The van der Waals surface area contributed by atoms with Crippen LogP contribution >= 0.6 is 0 Å². The molecule has 2 N–H and O–H groups in total. The van der Waals surface area contributed by atoms with Gasteiger partial charge in [0.15, 0.2) is 0 Å². The normalized spacial score (nSPS) is 21.6. The maximum absolute atomic E-state index is 11.8. The van der Waals surface area contributed by atoms with Crippen molar-refractivity contribution in [2.75, 3.05) is 6.54 Å². The smallest absolute Gasteiger partial charge is 0.408 e. The molecule has 1 aliphatic heterocycles. The van der Waals surface area contributed by atoms with Crippen LogP contribution in [0.15, 0.2) is 36.5 Å². The summed E-state index contributed by atoms with van der Waals surface area (Å²) in [4.78, 5) is 21.3. The van der Waals surface area contributed by atoms with E-state index >= 15 is 0 Å². The molecular weight excluding hydrogens is 290 g/mol. The zero-order chi connectivity index (χ0) is 16.7. The summed E-state index contributed by atoms with van der Waals surface area (Å²) in [6.45, 7) is 6.80. The van der Waals surface area contributed by atoms with Crippen LogP contribution in [-0.2, 0) is 5.54 Å². The molecule has 1 atom stereocenters. The Morgan fingerprint density at radius 1 is 1.30 bits per heavy atom. The number of nitrogens with zero attached hydrogens (tertiary/aromatic N) is 2. The minimum absolute atomic E-state index is 0.256. The molecule has 1 aromatic carbocycles. The predicted octanol–water partition coefficient (Wildman–Crippen LogP) is 4.09. The van der Waals surface area contributed by atoms with Gasteiger partial charge in [-0.15, -0.1) is 0 Å². The quantitative estimate of drug-likeness (QED) is 0.877. The third-order valence-corrected chi connectivity index (χ3v) is 4.91. The lowest BCUT2D eigenvalue weighted by Gasteiger charge is -2.45. The van der Waals surface area contributed by atoms with Crippen molar-refractivity contribution >= 4 is 6.09 Å². The molecular formula is C18H23N3O2. The Labute approximate surface area is 136 Å². The lowest BCUT2D eigenvalue weighted by Crippen LogP contribution is -2.53. The van der Waals surface area contributed by atoms with E-state index in [1.54, 1.807) is 11.1 Å². The summed E-state index contributed by atoms with van der Waals surface area (Å²) in [5.74, 6) is 0.740. The van der Waals surface area contributed by atoms with Gasteiger partial charge in [-0.2, -0.15) is 0 Å². The van der Waals surface area contributed by atoms with E-state index in [1.807, 2.05) is 30.3 Å². The number of benzene rings is 1. The maximum atomic E-state index is 11.8. The first kappa shape index (κ1) is 15.6. The SMILES string of the molecule is CC(C)(C)[C@@]1(c2ncc(-c3ccccc3)[nH]2)CCCN1C(=O)O. The Bertz CT molecular complexity index is 703. The molecule has 0 saturated carbocycles. The highest BCUT2D eigenvalue weighted by Crippen LogP contribution is 2.50. The van der Waals surface area contributed by atoms with Gasteiger partial charge in [-0.25, -0.2) is 9.78 Å². The molecule has 122 valence electrons. The van der Waals surface area contributed by atoms with Crippen molar-refractivity contribution in [3.8, 4) is 11.3 Å². The standard InChI is InChI=1S/C18H23N3O2/c1-17(2,3)18(10-7-11-21(18)16(22)23)15-19-12-14(20-15)13-8-5-4-6-9-13/h4-6,8-9,12H,7,10-11H2,1-3H3,(H,19,20)(H,22,23)/t18-/m0/s1. The van der Waals surface area contributed by atoms with Crippen molar-refractivity contribution in [2.45, 2.75) is 39.2 Å². The van der Waals surface area contributed by atoms with Crippen LogP contribution in [0.2, 0.25) is 0 Å². The average Bonchev–Trinajstić information content (AvgIpc) is 3.15. The average molecular weight is 313 g/mol. The molecule has 5 heteroatoms. The summed E-state index contributed by atoms with van der Waals surface area (Å²) in [6.07, 6.45) is 2.56. The van der Waals surface area contributed by atoms with Gasteiger partial charge in [0, 0.05) is 6.54 Å². The van der Waals surface area contributed by atoms with Crippen LogP contribution in [0.1, 0.15) is 39.4 Å². The topological polar surface area (TPSA) is 69.2 Å². The minimum atomic E-state index is -0.880. The van der Waals surface area contributed by atoms with Crippen LogP contribution in [0.25, 0.3) is 11.3 Å². The maximum Gasteiger partial charge on any atom is 0.408 e. The second kappa shape index (κ2) is 5.41. The molecule has 0 aliphatic carbocycles. The van der Waals surface area contributed by atoms with Gasteiger partial charge in [0.1, 0.15) is 11.4 Å². The van der Waals surface area contributed by atoms with Crippen molar-refractivity contribution < 1.29 is 9.90 Å². The highest BCUT2D eigenvalue weighted by Gasteiger charge is 2.55. The Balaban J connectivity index is 2.09. The van der Waals surface area contributed by atoms with Gasteiger partial charge in [-0.3, -0.25) is 4.90 Å². The van der Waals surface area contributed by atoms with Crippen molar-refractivity contribution in [1.82, 2.24) is 14.9 Å². The zero-order valence-corrected chi connectivity index (χ0v) is 13.8. The highest BCUT2D eigenvalue weighted by molar-refractivity contribution is 5.67. The molecule has 23 heavy (non-hydrogen) atoms. The summed E-state index contributed by atoms with van der Waals surface area (Å²) >= 11 is 0. The van der Waals surface area contributed by atoms with Gasteiger partial charge < -0.3 is 10.1 Å². The number of imidazole rings is 1. The van der Waals surface area contributed by atoms with E-state index in [0.29, 0.717) is 6.54 Å². The number of aromatic nitrogens is 2. The second-order valence-electron chi connectivity index (χ2n) is 7.16. The molecule has 0 spiro atoms. The van der Waals surface area contributed by atoms with E-state index in [1.165, 1.54) is 0 Å². The molecule has 0 radical (unpaired) electrons. The Morgan fingerprint density at radius 3 is 2.61 bits per heavy atom. The zero-order valence-electron chi connectivity index (χ0n) is 13.8. The van der Waals surface area contributed by atoms with Crippen LogP contribution in [0.3, 0.4) is 0 Å². The van der Waals surface area contributed by atoms with E-state index in [-0.39, 0.29) is 5.41 Å². The summed E-state index contributed by atoms with van der Waals surface area (Å²) in [7, 11) is 0. The number of carboxylic acid groups (broad SMARTS) is 1. The molecule has 1 amide bonds. The van der Waals surface area contributed by atoms with Gasteiger partial charge in [-0.1, -0.05) is 51.1 Å². The third kappa shape index (κ3) is 2.40. The molecule has 2 heterocycles. The molecule has 3 rings (SSSR count). The fraction of sp³-hybridized carbons (Fsp3) is 0.444. The minimum Gasteiger partial charge on any atom is -0.465 e. The highest BCUT2D eigenvalue weighted by atomic mass is 16.4. The fourth-order valence-electron chi connectivity index (χ4n) is 3.75. The van der Waals surface area contributed by atoms with Gasteiger partial charge in [0.2, 0.25) is 0 Å². The molecule has 0 bridgehead atoms. The van der Waals surface area contributed by atoms with Gasteiger partial charge >= 0.3 is 6.09 Å². The number of carbonyl (C=O) groups is 1. The van der Waals surface area contributed by atoms with Gasteiger partial charge in [-0.05, 0) is 23.8 Å². The molecule has 2 aromatic rings. The monoisotopic (exact) mass is 313 g/mol. The number of likely N-dealkylation sites (tertiary alicyclic amines) is 1. The van der Waals surface area contributed by atoms with E-state index in [4.69, 9.17) is 0 Å². The Kier molecular flexibility index (Phi) is 3.66. The van der Waals surface area contributed by atoms with Crippen LogP contribution in [0.4, 0.5) is 4.79 Å². The van der Waals surface area contributed by atoms with Crippen LogP contribution in [0.5, 0.6) is 0 Å². The van der Waals surface area contributed by atoms with Crippen LogP contribution in [-0.4, -0.2) is 32.6 Å². The predicted molar refractivity (Wildman–Crippen MR) is 89.1 cm³/mol. The number of amides is 1. The summed E-state index contributed by atoms with van der Waals surface area (Å²) in [5, 5.41) is 9.68. The summed E-state index contributed by atoms with van der Waals surface area (Å²) in [6, 6.07) is 9.97. The van der Waals surface area contributed by atoms with Crippen LogP contribution < -0.4 is 0 Å². The summed E-state index contributed by atoms with van der Waals surface area (Å²) < 4.78 is 0. The van der Waals surface area contributed by atoms with E-state index < -0.39 is 11.6 Å². The largest absolute Gasteiger partial charge is 0.465 e. The summed E-state index contributed by atoms with van der Waals surface area (Å²) in [5.41, 5.74) is 1.09. The number of hydrogen-bond donors (Lipinski definition) is 2. The van der Waals surface area contributed by atoms with E-state index in [0.717, 1.165) is 29.9 Å². The molecule has 1 fully saturated rings. The Morgan fingerprint density at radius 2 is 2.00 bits per heavy atom. The van der Waals surface area contributed by atoms with Crippen molar-refractivity contribution in [1.29, 1.82) is 0 Å². The van der Waals surface area contributed by atoms with Crippen molar-refractivity contribution in [3.05, 3.63) is 42.4 Å². The number of nitrogens with one attached hydrogen (secondary N) is 1. The van der Waals surface area contributed by atoms with E-state index in [9.17, 15) is 9.90 Å². The molecule has 1 aliphatic rings. The van der Waals surface area contributed by atoms with Gasteiger partial charge in [0.05, 0.1) is 11.9 Å². The third-order valence-electron chi connectivity index (χ3n) is 4.91. The number of rotatable bonds is 2. The first-order valence-corrected chi connectivity index (χ1v) is 7.98. The van der Waals surface area contributed by atoms with Crippen molar-refractivity contribution in [2.24, 2.45) is 5.41 Å². The first-order valence-electron chi connectivity index (χ1n) is 7.98.